The summed E-state index contributed by atoms with van der Waals surface area (Å²) in [5, 5.41) is 0. The molecule has 1 aromatic carbocycles. The van der Waals surface area contributed by atoms with Crippen LogP contribution in [0.1, 0.15) is 31.4 Å². The standard InChI is InChI=1S/C13H20N2O2/c1-13(6-7-13)12(15-14)9-4-5-10(16-2)11(8-9)17-3/h4-5,8,12,15H,6-7,14H2,1-3H3. The summed E-state index contributed by atoms with van der Waals surface area (Å²) >= 11 is 0. The lowest BCUT2D eigenvalue weighted by atomic mass is 9.92. The van der Waals surface area contributed by atoms with E-state index in [2.05, 4.69) is 12.3 Å². The van der Waals surface area contributed by atoms with Crippen LogP contribution in [0.15, 0.2) is 18.2 Å². The normalized spacial score (nSPS) is 18.6. The summed E-state index contributed by atoms with van der Waals surface area (Å²) < 4.78 is 10.5. The van der Waals surface area contributed by atoms with Gasteiger partial charge in [0.25, 0.3) is 0 Å². The van der Waals surface area contributed by atoms with Crippen LogP contribution in [0.3, 0.4) is 0 Å². The van der Waals surface area contributed by atoms with E-state index < -0.39 is 0 Å². The van der Waals surface area contributed by atoms with E-state index in [0.29, 0.717) is 0 Å². The highest BCUT2D eigenvalue weighted by Crippen LogP contribution is 2.54. The third-order valence-corrected chi connectivity index (χ3v) is 3.64. The van der Waals surface area contributed by atoms with Gasteiger partial charge >= 0.3 is 0 Å². The van der Waals surface area contributed by atoms with Crippen molar-refractivity contribution in [1.29, 1.82) is 0 Å². The third kappa shape index (κ3) is 2.23. The van der Waals surface area contributed by atoms with E-state index in [0.717, 1.165) is 17.1 Å². The molecule has 1 aliphatic rings. The molecule has 1 saturated carbocycles. The summed E-state index contributed by atoms with van der Waals surface area (Å²) in [5.41, 5.74) is 4.33. The second kappa shape index (κ2) is 4.55. The maximum Gasteiger partial charge on any atom is 0.161 e. The summed E-state index contributed by atoms with van der Waals surface area (Å²) in [6, 6.07) is 6.12. The molecular formula is C13H20N2O2. The number of hydrogen-bond acceptors (Lipinski definition) is 4. The highest BCUT2D eigenvalue weighted by molar-refractivity contribution is 5.44. The lowest BCUT2D eigenvalue weighted by Crippen LogP contribution is -2.33. The van der Waals surface area contributed by atoms with Crippen LogP contribution in [0, 0.1) is 5.41 Å². The van der Waals surface area contributed by atoms with Gasteiger partial charge in [0, 0.05) is 0 Å². The van der Waals surface area contributed by atoms with E-state index >= 15 is 0 Å². The molecule has 1 fully saturated rings. The van der Waals surface area contributed by atoms with Crippen LogP contribution in [-0.2, 0) is 0 Å². The summed E-state index contributed by atoms with van der Waals surface area (Å²) in [6.07, 6.45) is 2.41. The number of benzene rings is 1. The van der Waals surface area contributed by atoms with Gasteiger partial charge in [0.05, 0.1) is 20.3 Å². The predicted octanol–water partition coefficient (Wildman–Crippen LogP) is 2.01. The van der Waals surface area contributed by atoms with Gasteiger partial charge in [-0.2, -0.15) is 0 Å². The van der Waals surface area contributed by atoms with Crippen LogP contribution >= 0.6 is 0 Å². The summed E-state index contributed by atoms with van der Waals surface area (Å²) in [6.45, 7) is 2.24. The van der Waals surface area contributed by atoms with Crippen LogP contribution < -0.4 is 20.7 Å². The van der Waals surface area contributed by atoms with Gasteiger partial charge in [0.2, 0.25) is 0 Å². The van der Waals surface area contributed by atoms with Crippen molar-refractivity contribution in [1.82, 2.24) is 5.43 Å². The first-order valence-electron chi connectivity index (χ1n) is 5.82. The first-order valence-corrected chi connectivity index (χ1v) is 5.82. The Hall–Kier alpha value is -1.26. The van der Waals surface area contributed by atoms with Crippen molar-refractivity contribution in [3.63, 3.8) is 0 Å². The third-order valence-electron chi connectivity index (χ3n) is 3.64. The number of hydrogen-bond donors (Lipinski definition) is 2. The zero-order valence-electron chi connectivity index (χ0n) is 10.6. The largest absolute Gasteiger partial charge is 0.493 e. The fourth-order valence-corrected chi connectivity index (χ4v) is 2.22. The molecule has 0 radical (unpaired) electrons. The van der Waals surface area contributed by atoms with E-state index in [1.807, 2.05) is 18.2 Å². The molecule has 0 spiro atoms. The summed E-state index contributed by atoms with van der Waals surface area (Å²) in [7, 11) is 3.28. The molecule has 0 heterocycles. The molecule has 1 aliphatic carbocycles. The Morgan fingerprint density at radius 2 is 1.88 bits per heavy atom. The van der Waals surface area contributed by atoms with E-state index in [1.54, 1.807) is 14.2 Å². The van der Waals surface area contributed by atoms with Crippen molar-refractivity contribution < 1.29 is 9.47 Å². The van der Waals surface area contributed by atoms with Crippen LogP contribution in [0.5, 0.6) is 11.5 Å². The lowest BCUT2D eigenvalue weighted by molar-refractivity contribution is 0.347. The van der Waals surface area contributed by atoms with Crippen molar-refractivity contribution in [3.8, 4) is 11.5 Å². The molecule has 4 nitrogen and oxygen atoms in total. The Morgan fingerprint density at radius 1 is 1.24 bits per heavy atom. The topological polar surface area (TPSA) is 56.5 Å². The zero-order valence-corrected chi connectivity index (χ0v) is 10.6. The first-order chi connectivity index (χ1) is 8.14. The molecular weight excluding hydrogens is 216 g/mol. The zero-order chi connectivity index (χ0) is 12.5. The second-order valence-electron chi connectivity index (χ2n) is 4.87. The summed E-state index contributed by atoms with van der Waals surface area (Å²) in [4.78, 5) is 0. The van der Waals surface area contributed by atoms with Crippen LogP contribution in [0.25, 0.3) is 0 Å². The Labute approximate surface area is 102 Å². The van der Waals surface area contributed by atoms with Gasteiger partial charge in [-0.3, -0.25) is 11.3 Å². The van der Waals surface area contributed by atoms with E-state index in [9.17, 15) is 0 Å². The van der Waals surface area contributed by atoms with Gasteiger partial charge in [0.1, 0.15) is 0 Å². The molecule has 1 atom stereocenters. The number of rotatable bonds is 5. The quantitative estimate of drug-likeness (QED) is 0.606. The fraction of sp³-hybridized carbons (Fsp3) is 0.538. The molecule has 1 aromatic rings. The molecule has 0 aromatic heterocycles. The number of nitrogens with two attached hydrogens (primary N) is 1. The predicted molar refractivity (Wildman–Crippen MR) is 67.0 cm³/mol. The highest BCUT2D eigenvalue weighted by Gasteiger charge is 2.45. The van der Waals surface area contributed by atoms with Crippen molar-refractivity contribution in [2.75, 3.05) is 14.2 Å². The van der Waals surface area contributed by atoms with E-state index in [1.165, 1.54) is 12.8 Å². The smallest absolute Gasteiger partial charge is 0.161 e. The average Bonchev–Trinajstić information content (AvgIpc) is 3.08. The molecule has 0 saturated heterocycles. The van der Waals surface area contributed by atoms with Crippen molar-refractivity contribution >= 4 is 0 Å². The number of hydrazine groups is 1. The SMILES string of the molecule is COc1ccc(C(NN)C2(C)CC2)cc1OC. The molecule has 0 bridgehead atoms. The molecule has 94 valence electrons. The van der Waals surface area contributed by atoms with Crippen molar-refractivity contribution in [2.24, 2.45) is 11.3 Å². The second-order valence-corrected chi connectivity index (χ2v) is 4.87. The summed E-state index contributed by atoms with van der Waals surface area (Å²) in [5.74, 6) is 7.16. The van der Waals surface area contributed by atoms with Gasteiger partial charge in [-0.15, -0.1) is 0 Å². The average molecular weight is 236 g/mol. The van der Waals surface area contributed by atoms with Gasteiger partial charge in [-0.05, 0) is 36.0 Å². The molecule has 17 heavy (non-hydrogen) atoms. The van der Waals surface area contributed by atoms with Gasteiger partial charge in [0.15, 0.2) is 11.5 Å². The van der Waals surface area contributed by atoms with Crippen LogP contribution in [-0.4, -0.2) is 14.2 Å². The van der Waals surface area contributed by atoms with Gasteiger partial charge in [-0.1, -0.05) is 13.0 Å². The van der Waals surface area contributed by atoms with E-state index in [-0.39, 0.29) is 11.5 Å². The Morgan fingerprint density at radius 3 is 2.35 bits per heavy atom. The monoisotopic (exact) mass is 236 g/mol. The maximum atomic E-state index is 5.67. The molecule has 2 rings (SSSR count). The minimum atomic E-state index is 0.169. The lowest BCUT2D eigenvalue weighted by Gasteiger charge is -2.24. The molecule has 4 heteroatoms. The Bertz CT molecular complexity index is 402. The van der Waals surface area contributed by atoms with Crippen LogP contribution in [0.4, 0.5) is 0 Å². The maximum absolute atomic E-state index is 5.67. The minimum Gasteiger partial charge on any atom is -0.493 e. The number of nitrogens with one attached hydrogen (secondary N) is 1. The molecule has 1 unspecified atom stereocenters. The van der Waals surface area contributed by atoms with Crippen molar-refractivity contribution in [3.05, 3.63) is 23.8 Å². The van der Waals surface area contributed by atoms with Gasteiger partial charge in [-0.25, -0.2) is 0 Å². The highest BCUT2D eigenvalue weighted by atomic mass is 16.5. The van der Waals surface area contributed by atoms with Crippen molar-refractivity contribution in [2.45, 2.75) is 25.8 Å². The molecule has 0 aliphatic heterocycles. The molecule has 3 N–H and O–H groups in total. The Kier molecular flexibility index (Phi) is 3.26. The fourth-order valence-electron chi connectivity index (χ4n) is 2.22. The number of methoxy groups -OCH3 is 2. The first kappa shape index (κ1) is 12.2. The Balaban J connectivity index is 2.31. The van der Waals surface area contributed by atoms with Crippen LogP contribution in [0.2, 0.25) is 0 Å². The van der Waals surface area contributed by atoms with Gasteiger partial charge < -0.3 is 9.47 Å². The minimum absolute atomic E-state index is 0.169. The molecule has 0 amide bonds. The number of ether oxygens (including phenoxy) is 2. The van der Waals surface area contributed by atoms with E-state index in [4.69, 9.17) is 15.3 Å².